The third kappa shape index (κ3) is 4.25. The number of benzene rings is 1. The third-order valence-corrected chi connectivity index (χ3v) is 3.80. The van der Waals surface area contributed by atoms with E-state index in [0.29, 0.717) is 12.1 Å². The van der Waals surface area contributed by atoms with Crippen LogP contribution in [0.2, 0.25) is 0 Å². The van der Waals surface area contributed by atoms with E-state index in [1.165, 1.54) is 6.07 Å². The summed E-state index contributed by atoms with van der Waals surface area (Å²) in [7, 11) is 0. The van der Waals surface area contributed by atoms with E-state index in [2.05, 4.69) is 17.1 Å². The van der Waals surface area contributed by atoms with E-state index in [1.807, 2.05) is 0 Å². The standard InChI is InChI=1S/C15H22F2N2/c1-2-18-10-12-5-7-19(8-6-12)11-13-3-4-14(16)9-15(13)17/h3-4,9,12,18H,2,5-8,10-11H2,1H3. The molecule has 0 bridgehead atoms. The summed E-state index contributed by atoms with van der Waals surface area (Å²) in [6.45, 7) is 6.78. The molecule has 0 aliphatic carbocycles. The topological polar surface area (TPSA) is 15.3 Å². The first-order chi connectivity index (χ1) is 9.19. The maximum absolute atomic E-state index is 13.6. The van der Waals surface area contributed by atoms with Crippen LogP contribution in [0, 0.1) is 17.6 Å². The van der Waals surface area contributed by atoms with Crippen LogP contribution in [-0.2, 0) is 6.54 Å². The second-order valence-corrected chi connectivity index (χ2v) is 5.26. The van der Waals surface area contributed by atoms with Crippen LogP contribution in [0.15, 0.2) is 18.2 Å². The molecule has 2 rings (SSSR count). The van der Waals surface area contributed by atoms with Gasteiger partial charge >= 0.3 is 0 Å². The molecule has 0 amide bonds. The van der Waals surface area contributed by atoms with Crippen molar-refractivity contribution in [3.63, 3.8) is 0 Å². The average molecular weight is 268 g/mol. The van der Waals surface area contributed by atoms with E-state index in [4.69, 9.17) is 0 Å². The Morgan fingerprint density at radius 2 is 2.00 bits per heavy atom. The zero-order chi connectivity index (χ0) is 13.7. The maximum atomic E-state index is 13.6. The largest absolute Gasteiger partial charge is 0.317 e. The molecule has 0 saturated carbocycles. The average Bonchev–Trinajstić information content (AvgIpc) is 2.41. The second kappa shape index (κ2) is 6.96. The van der Waals surface area contributed by atoms with Gasteiger partial charge in [0.05, 0.1) is 0 Å². The van der Waals surface area contributed by atoms with Gasteiger partial charge in [-0.25, -0.2) is 8.78 Å². The fraction of sp³-hybridized carbons (Fsp3) is 0.600. The van der Waals surface area contributed by atoms with Gasteiger partial charge in [-0.1, -0.05) is 13.0 Å². The smallest absolute Gasteiger partial charge is 0.130 e. The van der Waals surface area contributed by atoms with Crippen molar-refractivity contribution < 1.29 is 8.78 Å². The molecule has 2 nitrogen and oxygen atoms in total. The van der Waals surface area contributed by atoms with E-state index in [9.17, 15) is 8.78 Å². The van der Waals surface area contributed by atoms with Crippen molar-refractivity contribution >= 4 is 0 Å². The Kier molecular flexibility index (Phi) is 5.28. The van der Waals surface area contributed by atoms with Gasteiger partial charge in [0, 0.05) is 18.2 Å². The summed E-state index contributed by atoms with van der Waals surface area (Å²) in [4.78, 5) is 2.25. The number of nitrogens with one attached hydrogen (secondary N) is 1. The molecule has 1 saturated heterocycles. The zero-order valence-electron chi connectivity index (χ0n) is 11.5. The summed E-state index contributed by atoms with van der Waals surface area (Å²) in [5.74, 6) is -0.213. The number of likely N-dealkylation sites (tertiary alicyclic amines) is 1. The van der Waals surface area contributed by atoms with Crippen molar-refractivity contribution in [2.45, 2.75) is 26.3 Å². The van der Waals surface area contributed by atoms with Crippen molar-refractivity contribution in [2.24, 2.45) is 5.92 Å². The molecule has 4 heteroatoms. The molecule has 19 heavy (non-hydrogen) atoms. The Labute approximate surface area is 113 Å². The fourth-order valence-corrected chi connectivity index (χ4v) is 2.59. The van der Waals surface area contributed by atoms with Crippen LogP contribution in [0.4, 0.5) is 8.78 Å². The van der Waals surface area contributed by atoms with Gasteiger partial charge < -0.3 is 5.32 Å². The highest BCUT2D eigenvalue weighted by Crippen LogP contribution is 2.19. The van der Waals surface area contributed by atoms with Crippen LogP contribution in [-0.4, -0.2) is 31.1 Å². The molecule has 1 heterocycles. The zero-order valence-corrected chi connectivity index (χ0v) is 11.5. The first-order valence-corrected chi connectivity index (χ1v) is 7.06. The van der Waals surface area contributed by atoms with Gasteiger partial charge in [-0.3, -0.25) is 4.90 Å². The van der Waals surface area contributed by atoms with Crippen LogP contribution in [0.1, 0.15) is 25.3 Å². The number of nitrogens with zero attached hydrogens (tertiary/aromatic N) is 1. The van der Waals surface area contributed by atoms with Gasteiger partial charge in [-0.05, 0) is 51.0 Å². The summed E-state index contributed by atoms with van der Waals surface area (Å²) < 4.78 is 26.4. The summed E-state index contributed by atoms with van der Waals surface area (Å²) in [6.07, 6.45) is 2.30. The van der Waals surface area contributed by atoms with Crippen molar-refractivity contribution in [1.29, 1.82) is 0 Å². The number of hydrogen-bond donors (Lipinski definition) is 1. The molecule has 0 unspecified atom stereocenters. The van der Waals surface area contributed by atoms with Crippen LogP contribution >= 0.6 is 0 Å². The maximum Gasteiger partial charge on any atom is 0.130 e. The molecule has 0 aromatic heterocycles. The fourth-order valence-electron chi connectivity index (χ4n) is 2.59. The van der Waals surface area contributed by atoms with Gasteiger partial charge in [0.2, 0.25) is 0 Å². The Bertz CT molecular complexity index is 401. The van der Waals surface area contributed by atoms with Crippen molar-refractivity contribution in [1.82, 2.24) is 10.2 Å². The van der Waals surface area contributed by atoms with Gasteiger partial charge in [0.25, 0.3) is 0 Å². The van der Waals surface area contributed by atoms with Gasteiger partial charge in [0.15, 0.2) is 0 Å². The molecule has 106 valence electrons. The predicted octanol–water partition coefficient (Wildman–Crippen LogP) is 2.79. The third-order valence-electron chi connectivity index (χ3n) is 3.80. The Morgan fingerprint density at radius 1 is 1.26 bits per heavy atom. The molecule has 1 fully saturated rings. The molecule has 0 spiro atoms. The lowest BCUT2D eigenvalue weighted by molar-refractivity contribution is 0.174. The minimum absolute atomic E-state index is 0.435. The van der Waals surface area contributed by atoms with E-state index in [1.54, 1.807) is 6.07 Å². The first-order valence-electron chi connectivity index (χ1n) is 7.06. The van der Waals surface area contributed by atoms with Crippen LogP contribution in [0.25, 0.3) is 0 Å². The molecular weight excluding hydrogens is 246 g/mol. The van der Waals surface area contributed by atoms with Crippen molar-refractivity contribution in [3.8, 4) is 0 Å². The minimum atomic E-state index is -0.509. The van der Waals surface area contributed by atoms with Gasteiger partial charge in [0.1, 0.15) is 11.6 Å². The van der Waals surface area contributed by atoms with E-state index >= 15 is 0 Å². The van der Waals surface area contributed by atoms with Crippen LogP contribution < -0.4 is 5.32 Å². The number of piperidine rings is 1. The Balaban J connectivity index is 1.82. The first kappa shape index (κ1) is 14.4. The number of halogens is 2. The molecule has 1 aromatic rings. The van der Waals surface area contributed by atoms with Gasteiger partial charge in [-0.2, -0.15) is 0 Å². The highest BCUT2D eigenvalue weighted by atomic mass is 19.1. The minimum Gasteiger partial charge on any atom is -0.317 e. The second-order valence-electron chi connectivity index (χ2n) is 5.26. The Morgan fingerprint density at radius 3 is 2.63 bits per heavy atom. The normalized spacial score (nSPS) is 17.8. The summed E-state index contributed by atoms with van der Waals surface area (Å²) in [5.41, 5.74) is 0.589. The lowest BCUT2D eigenvalue weighted by Crippen LogP contribution is -2.37. The highest BCUT2D eigenvalue weighted by molar-refractivity contribution is 5.18. The molecule has 0 atom stereocenters. The SMILES string of the molecule is CCNCC1CCN(Cc2ccc(F)cc2F)CC1. The predicted molar refractivity (Wildman–Crippen MR) is 72.9 cm³/mol. The molecule has 0 radical (unpaired) electrons. The lowest BCUT2D eigenvalue weighted by atomic mass is 9.96. The van der Waals surface area contributed by atoms with Crippen LogP contribution in [0.3, 0.4) is 0 Å². The monoisotopic (exact) mass is 268 g/mol. The molecular formula is C15H22F2N2. The highest BCUT2D eigenvalue weighted by Gasteiger charge is 2.19. The van der Waals surface area contributed by atoms with Crippen LogP contribution in [0.5, 0.6) is 0 Å². The summed E-state index contributed by atoms with van der Waals surface area (Å²) >= 11 is 0. The van der Waals surface area contributed by atoms with E-state index in [-0.39, 0.29) is 0 Å². The van der Waals surface area contributed by atoms with Gasteiger partial charge in [-0.15, -0.1) is 0 Å². The summed E-state index contributed by atoms with van der Waals surface area (Å²) in [6, 6.07) is 3.85. The van der Waals surface area contributed by atoms with Crippen molar-refractivity contribution in [2.75, 3.05) is 26.2 Å². The molecule has 1 aliphatic rings. The molecule has 1 aliphatic heterocycles. The lowest BCUT2D eigenvalue weighted by Gasteiger charge is -2.32. The van der Waals surface area contributed by atoms with E-state index < -0.39 is 11.6 Å². The summed E-state index contributed by atoms with van der Waals surface area (Å²) in [5, 5.41) is 3.38. The van der Waals surface area contributed by atoms with E-state index in [0.717, 1.165) is 51.0 Å². The van der Waals surface area contributed by atoms with Crippen molar-refractivity contribution in [3.05, 3.63) is 35.4 Å². The quantitative estimate of drug-likeness (QED) is 0.883. The molecule has 1 N–H and O–H groups in total. The number of rotatable bonds is 5. The molecule has 1 aromatic carbocycles. The number of hydrogen-bond acceptors (Lipinski definition) is 2. The Hall–Kier alpha value is -1.00.